The molecule has 7 nitrogen and oxygen atoms in total. The molecule has 1 aliphatic carbocycles. The van der Waals surface area contributed by atoms with E-state index in [1.165, 1.54) is 23.4 Å². The van der Waals surface area contributed by atoms with Crippen molar-refractivity contribution in [2.24, 2.45) is 5.92 Å². The molecule has 2 aliphatic rings. The van der Waals surface area contributed by atoms with Crippen LogP contribution in [-0.2, 0) is 19.1 Å². The molecule has 2 amide bonds. The fourth-order valence-corrected chi connectivity index (χ4v) is 5.13. The molecule has 0 bridgehead atoms. The lowest BCUT2D eigenvalue weighted by molar-refractivity contribution is -0.146. The summed E-state index contributed by atoms with van der Waals surface area (Å²) in [5.74, 6) is -0.702. The second-order valence-electron chi connectivity index (χ2n) is 9.46. The van der Waals surface area contributed by atoms with E-state index in [1.54, 1.807) is 4.90 Å². The fraction of sp³-hybridized carbons (Fsp3) is 0.552. The number of esters is 1. The van der Waals surface area contributed by atoms with E-state index in [1.807, 2.05) is 13.8 Å². The predicted molar refractivity (Wildman–Crippen MR) is 142 cm³/mol. The van der Waals surface area contributed by atoms with Gasteiger partial charge in [0.1, 0.15) is 6.54 Å². The number of hydrogen-bond donors (Lipinski definition) is 1. The molecule has 36 heavy (non-hydrogen) atoms. The molecule has 0 radical (unpaired) electrons. The molecule has 0 aromatic heterocycles. The van der Waals surface area contributed by atoms with E-state index < -0.39 is 5.97 Å². The third kappa shape index (κ3) is 6.64. The van der Waals surface area contributed by atoms with E-state index in [2.05, 4.69) is 64.3 Å². The van der Waals surface area contributed by atoms with Crippen molar-refractivity contribution in [3.8, 4) is 0 Å². The maximum absolute atomic E-state index is 13.2. The molecule has 1 unspecified atom stereocenters. The third-order valence-corrected chi connectivity index (χ3v) is 7.47. The van der Waals surface area contributed by atoms with Gasteiger partial charge >= 0.3 is 5.97 Å². The predicted octanol–water partition coefficient (Wildman–Crippen LogP) is 4.31. The zero-order valence-corrected chi connectivity index (χ0v) is 22.2. The Morgan fingerprint density at radius 3 is 2.33 bits per heavy atom. The largest absolute Gasteiger partial charge is 0.468 e. The first-order valence-corrected chi connectivity index (χ1v) is 13.3. The monoisotopic (exact) mass is 495 g/mol. The van der Waals surface area contributed by atoms with E-state index >= 15 is 0 Å². The number of methoxy groups -OCH3 is 1. The molecule has 2 fully saturated rings. The Bertz CT molecular complexity index is 1020. The lowest BCUT2D eigenvalue weighted by atomic mass is 9.83. The van der Waals surface area contributed by atoms with Crippen LogP contribution < -0.4 is 5.32 Å². The van der Waals surface area contributed by atoms with Crippen LogP contribution in [0.4, 0.5) is 0 Å². The zero-order valence-electron chi connectivity index (χ0n) is 22.2. The summed E-state index contributed by atoms with van der Waals surface area (Å²) in [5, 5.41) is 5.11. The standard InChI is InChI=1S/C27H35N3O4.C2H6/c1-19(23-12-6-8-20-7-3-4-11-24(20)23)29-15-13-22(14-16-29)30(27(33)21-9-5-10-21)18-25(31)28-17-26(32)34-2;1-2/h3-4,6-8,11-12,19,21-22H,5,9-10,13-18H2,1-2H3,(H,28,31);1-2H3. The van der Waals surface area contributed by atoms with Crippen LogP contribution >= 0.6 is 0 Å². The topological polar surface area (TPSA) is 79.0 Å². The van der Waals surface area contributed by atoms with Crippen LogP contribution in [0.2, 0.25) is 0 Å². The minimum atomic E-state index is -0.499. The number of amides is 2. The maximum atomic E-state index is 13.2. The number of benzene rings is 2. The van der Waals surface area contributed by atoms with Gasteiger partial charge in [-0.1, -0.05) is 62.7 Å². The van der Waals surface area contributed by atoms with Gasteiger partial charge in [0.25, 0.3) is 0 Å². The molecule has 1 N–H and O–H groups in total. The summed E-state index contributed by atoms with van der Waals surface area (Å²) in [6.45, 7) is 7.80. The highest BCUT2D eigenvalue weighted by molar-refractivity contribution is 5.88. The molecule has 4 rings (SSSR count). The van der Waals surface area contributed by atoms with E-state index in [-0.39, 0.29) is 42.9 Å². The van der Waals surface area contributed by atoms with Gasteiger partial charge in [-0.2, -0.15) is 0 Å². The molecule has 0 spiro atoms. The van der Waals surface area contributed by atoms with Gasteiger partial charge in [0.05, 0.1) is 13.7 Å². The highest BCUT2D eigenvalue weighted by Gasteiger charge is 2.36. The Morgan fingerprint density at radius 1 is 1.03 bits per heavy atom. The summed E-state index contributed by atoms with van der Waals surface area (Å²) in [7, 11) is 1.29. The lowest BCUT2D eigenvalue weighted by Crippen LogP contribution is -2.53. The molecule has 1 saturated heterocycles. The number of nitrogens with zero attached hydrogens (tertiary/aromatic N) is 2. The number of carbonyl (C=O) groups excluding carboxylic acids is 3. The molecule has 2 aromatic carbocycles. The van der Waals surface area contributed by atoms with Crippen LogP contribution in [0.15, 0.2) is 42.5 Å². The van der Waals surface area contributed by atoms with E-state index in [0.29, 0.717) is 0 Å². The Kier molecular flexibility index (Phi) is 10.3. The van der Waals surface area contributed by atoms with Crippen molar-refractivity contribution in [3.63, 3.8) is 0 Å². The van der Waals surface area contributed by atoms with Gasteiger partial charge in [-0.3, -0.25) is 19.3 Å². The average Bonchev–Trinajstić information content (AvgIpc) is 2.89. The summed E-state index contributed by atoms with van der Waals surface area (Å²) in [5.41, 5.74) is 1.32. The smallest absolute Gasteiger partial charge is 0.325 e. The number of carbonyl (C=O) groups is 3. The van der Waals surface area contributed by atoms with Gasteiger partial charge in [-0.25, -0.2) is 0 Å². The molecule has 1 atom stereocenters. The first-order valence-electron chi connectivity index (χ1n) is 13.3. The number of likely N-dealkylation sites (tertiary alicyclic amines) is 1. The van der Waals surface area contributed by atoms with Gasteiger partial charge in [-0.05, 0) is 48.9 Å². The van der Waals surface area contributed by atoms with Crippen molar-refractivity contribution in [3.05, 3.63) is 48.0 Å². The number of ether oxygens (including phenoxy) is 1. The maximum Gasteiger partial charge on any atom is 0.325 e. The van der Waals surface area contributed by atoms with Gasteiger partial charge in [0.15, 0.2) is 0 Å². The van der Waals surface area contributed by atoms with Crippen molar-refractivity contribution in [2.45, 2.75) is 65.0 Å². The third-order valence-electron chi connectivity index (χ3n) is 7.47. The van der Waals surface area contributed by atoms with Crippen molar-refractivity contribution < 1.29 is 19.1 Å². The Balaban J connectivity index is 0.00000176. The van der Waals surface area contributed by atoms with Crippen LogP contribution in [-0.4, -0.2) is 66.9 Å². The fourth-order valence-electron chi connectivity index (χ4n) is 5.13. The summed E-state index contributed by atoms with van der Waals surface area (Å²) < 4.78 is 4.59. The zero-order chi connectivity index (χ0) is 26.1. The normalized spacial score (nSPS) is 17.3. The second kappa shape index (κ2) is 13.4. The average molecular weight is 496 g/mol. The first-order chi connectivity index (χ1) is 17.5. The Labute approximate surface area is 215 Å². The first kappa shape index (κ1) is 27.7. The SMILES string of the molecule is CC.COC(=O)CNC(=O)CN(C(=O)C1CCC1)C1CCN(C(C)c2cccc3ccccc23)CC1. The van der Waals surface area contributed by atoms with E-state index in [9.17, 15) is 14.4 Å². The molecule has 1 aliphatic heterocycles. The quantitative estimate of drug-likeness (QED) is 0.552. The number of piperidine rings is 1. The number of rotatable bonds is 8. The van der Waals surface area contributed by atoms with Crippen molar-refractivity contribution in [1.29, 1.82) is 0 Å². The van der Waals surface area contributed by atoms with Crippen LogP contribution in [0, 0.1) is 5.92 Å². The minimum Gasteiger partial charge on any atom is -0.468 e. The van der Waals surface area contributed by atoms with E-state index in [4.69, 9.17) is 0 Å². The van der Waals surface area contributed by atoms with Gasteiger partial charge in [-0.15, -0.1) is 0 Å². The molecule has 7 heteroatoms. The number of fused-ring (bicyclic) bond motifs is 1. The number of nitrogens with one attached hydrogen (secondary N) is 1. The van der Waals surface area contributed by atoms with Gasteiger partial charge < -0.3 is 15.0 Å². The lowest BCUT2D eigenvalue weighted by Gasteiger charge is -2.42. The molecular formula is C29H41N3O4. The van der Waals surface area contributed by atoms with Crippen LogP contribution in [0.5, 0.6) is 0 Å². The van der Waals surface area contributed by atoms with Crippen molar-refractivity contribution >= 4 is 28.6 Å². The van der Waals surface area contributed by atoms with Gasteiger partial charge in [0, 0.05) is 31.1 Å². The minimum absolute atomic E-state index is 0.00410. The van der Waals surface area contributed by atoms with Crippen LogP contribution in [0.1, 0.15) is 64.5 Å². The molecular weight excluding hydrogens is 454 g/mol. The van der Waals surface area contributed by atoms with Crippen LogP contribution in [0.3, 0.4) is 0 Å². The molecule has 1 heterocycles. The molecule has 1 saturated carbocycles. The molecule has 2 aromatic rings. The Hall–Kier alpha value is -2.93. The summed E-state index contributed by atoms with van der Waals surface area (Å²) in [6.07, 6.45) is 4.53. The van der Waals surface area contributed by atoms with Crippen molar-refractivity contribution in [1.82, 2.24) is 15.1 Å². The second-order valence-corrected chi connectivity index (χ2v) is 9.46. The van der Waals surface area contributed by atoms with E-state index in [0.717, 1.165) is 45.2 Å². The summed E-state index contributed by atoms with van der Waals surface area (Å²) in [4.78, 5) is 41.3. The van der Waals surface area contributed by atoms with Crippen LogP contribution in [0.25, 0.3) is 10.8 Å². The highest BCUT2D eigenvalue weighted by Crippen LogP contribution is 2.33. The number of hydrogen-bond acceptors (Lipinski definition) is 5. The molecule has 196 valence electrons. The van der Waals surface area contributed by atoms with Gasteiger partial charge in [0.2, 0.25) is 11.8 Å². The summed E-state index contributed by atoms with van der Waals surface area (Å²) in [6, 6.07) is 15.3. The Morgan fingerprint density at radius 2 is 1.69 bits per heavy atom. The summed E-state index contributed by atoms with van der Waals surface area (Å²) >= 11 is 0. The van der Waals surface area contributed by atoms with Crippen molar-refractivity contribution in [2.75, 3.05) is 33.3 Å². The highest BCUT2D eigenvalue weighted by atomic mass is 16.5.